The van der Waals surface area contributed by atoms with Gasteiger partial charge in [0.25, 0.3) is 0 Å². The third-order valence-electron chi connectivity index (χ3n) is 2.09. The Morgan fingerprint density at radius 3 is 2.64 bits per heavy atom. The summed E-state index contributed by atoms with van der Waals surface area (Å²) in [5.74, 6) is 0.540. The summed E-state index contributed by atoms with van der Waals surface area (Å²) in [6.07, 6.45) is 0. The van der Waals surface area contributed by atoms with Gasteiger partial charge in [0.2, 0.25) is 0 Å². The molecule has 2 rings (SSSR count). The molecule has 2 aromatic heterocycles. The predicted octanol–water partition coefficient (Wildman–Crippen LogP) is 1.67. The van der Waals surface area contributed by atoms with Crippen LogP contribution in [0.5, 0.6) is 0 Å². The second-order valence-electron chi connectivity index (χ2n) is 3.31. The van der Waals surface area contributed by atoms with E-state index >= 15 is 0 Å². The number of aromatic nitrogens is 3. The zero-order valence-electron chi connectivity index (χ0n) is 8.20. The van der Waals surface area contributed by atoms with Crippen molar-refractivity contribution in [1.82, 2.24) is 15.2 Å². The lowest BCUT2D eigenvalue weighted by atomic mass is 10.1. The van der Waals surface area contributed by atoms with Crippen LogP contribution in [0, 0.1) is 13.8 Å². The molecule has 3 N–H and O–H groups in total. The van der Waals surface area contributed by atoms with Gasteiger partial charge in [0.05, 0.1) is 5.69 Å². The van der Waals surface area contributed by atoms with E-state index in [2.05, 4.69) is 15.2 Å². The molecule has 4 heteroatoms. The molecule has 2 heterocycles. The molecule has 0 saturated heterocycles. The smallest absolute Gasteiger partial charge is 0.123 e. The summed E-state index contributed by atoms with van der Waals surface area (Å²) in [4.78, 5) is 4.18. The van der Waals surface area contributed by atoms with Crippen LogP contribution in [0.1, 0.15) is 11.4 Å². The van der Waals surface area contributed by atoms with Gasteiger partial charge in [-0.1, -0.05) is 0 Å². The first kappa shape index (κ1) is 8.74. The van der Waals surface area contributed by atoms with Gasteiger partial charge >= 0.3 is 0 Å². The molecule has 0 amide bonds. The quantitative estimate of drug-likeness (QED) is 0.715. The molecular weight excluding hydrogens is 176 g/mol. The number of aromatic amines is 1. The van der Waals surface area contributed by atoms with Gasteiger partial charge in [-0.05, 0) is 32.0 Å². The molecule has 0 fully saturated rings. The second kappa shape index (κ2) is 3.14. The zero-order chi connectivity index (χ0) is 10.1. The molecule has 72 valence electrons. The minimum absolute atomic E-state index is 0.540. The topological polar surface area (TPSA) is 67.6 Å². The SMILES string of the molecule is Cc1cc(-c2ccc(N)nc2C)n[nH]1. The normalized spacial score (nSPS) is 10.4. The van der Waals surface area contributed by atoms with Gasteiger partial charge in [-0.25, -0.2) is 4.98 Å². The second-order valence-corrected chi connectivity index (χ2v) is 3.31. The Hall–Kier alpha value is -1.84. The van der Waals surface area contributed by atoms with Gasteiger partial charge < -0.3 is 5.73 Å². The Morgan fingerprint density at radius 1 is 1.29 bits per heavy atom. The van der Waals surface area contributed by atoms with Crippen LogP contribution in [-0.4, -0.2) is 15.2 Å². The number of nitrogens with zero attached hydrogens (tertiary/aromatic N) is 2. The van der Waals surface area contributed by atoms with Crippen molar-refractivity contribution in [1.29, 1.82) is 0 Å². The Kier molecular flexibility index (Phi) is 1.96. The first-order chi connectivity index (χ1) is 6.66. The highest BCUT2D eigenvalue weighted by molar-refractivity contribution is 5.63. The van der Waals surface area contributed by atoms with Crippen LogP contribution in [0.2, 0.25) is 0 Å². The average Bonchev–Trinajstić information content (AvgIpc) is 2.51. The molecular formula is C10H12N4. The van der Waals surface area contributed by atoms with Gasteiger partial charge in [-0.3, -0.25) is 5.10 Å². The summed E-state index contributed by atoms with van der Waals surface area (Å²) in [5.41, 5.74) is 9.44. The number of H-pyrrole nitrogens is 1. The Bertz CT molecular complexity index is 459. The number of rotatable bonds is 1. The summed E-state index contributed by atoms with van der Waals surface area (Å²) in [6.45, 7) is 3.90. The van der Waals surface area contributed by atoms with E-state index in [4.69, 9.17) is 5.73 Å². The van der Waals surface area contributed by atoms with Crippen LogP contribution >= 0.6 is 0 Å². The lowest BCUT2D eigenvalue weighted by molar-refractivity contribution is 1.05. The number of nitrogen functional groups attached to an aromatic ring is 1. The van der Waals surface area contributed by atoms with Gasteiger partial charge in [0.15, 0.2) is 0 Å². The predicted molar refractivity (Wildman–Crippen MR) is 55.7 cm³/mol. The number of hydrogen-bond donors (Lipinski definition) is 2. The zero-order valence-corrected chi connectivity index (χ0v) is 8.20. The lowest BCUT2D eigenvalue weighted by Gasteiger charge is -2.01. The van der Waals surface area contributed by atoms with Crippen molar-refractivity contribution in [2.24, 2.45) is 0 Å². The number of hydrogen-bond acceptors (Lipinski definition) is 3. The van der Waals surface area contributed by atoms with E-state index in [0.717, 1.165) is 22.6 Å². The third-order valence-corrected chi connectivity index (χ3v) is 2.09. The van der Waals surface area contributed by atoms with E-state index in [1.807, 2.05) is 26.0 Å². The highest BCUT2D eigenvalue weighted by atomic mass is 15.1. The van der Waals surface area contributed by atoms with Crippen LogP contribution in [-0.2, 0) is 0 Å². The molecule has 0 spiro atoms. The number of nitrogens with two attached hydrogens (primary N) is 1. The Morgan fingerprint density at radius 2 is 2.07 bits per heavy atom. The fourth-order valence-electron chi connectivity index (χ4n) is 1.41. The van der Waals surface area contributed by atoms with Gasteiger partial charge in [0.1, 0.15) is 5.82 Å². The standard InChI is InChI=1S/C10H12N4/c1-6-5-9(14-13-6)8-3-4-10(11)12-7(8)2/h3-5H,1-2H3,(H2,11,12)(H,13,14). The molecule has 0 atom stereocenters. The van der Waals surface area contributed by atoms with Gasteiger partial charge in [-0.15, -0.1) is 0 Å². The number of anilines is 1. The minimum Gasteiger partial charge on any atom is -0.384 e. The molecule has 0 unspecified atom stereocenters. The summed E-state index contributed by atoms with van der Waals surface area (Å²) < 4.78 is 0. The largest absolute Gasteiger partial charge is 0.384 e. The monoisotopic (exact) mass is 188 g/mol. The average molecular weight is 188 g/mol. The van der Waals surface area contributed by atoms with Gasteiger partial charge in [-0.2, -0.15) is 5.10 Å². The number of aryl methyl sites for hydroxylation is 2. The fourth-order valence-corrected chi connectivity index (χ4v) is 1.41. The molecule has 0 saturated carbocycles. The van der Waals surface area contributed by atoms with Crippen LogP contribution in [0.4, 0.5) is 5.82 Å². The maximum absolute atomic E-state index is 5.57. The molecule has 4 nitrogen and oxygen atoms in total. The maximum Gasteiger partial charge on any atom is 0.123 e. The van der Waals surface area contributed by atoms with Crippen molar-refractivity contribution in [3.63, 3.8) is 0 Å². The minimum atomic E-state index is 0.540. The van der Waals surface area contributed by atoms with Crippen molar-refractivity contribution < 1.29 is 0 Å². The van der Waals surface area contributed by atoms with E-state index in [1.165, 1.54) is 0 Å². The lowest BCUT2D eigenvalue weighted by Crippen LogP contribution is -1.94. The first-order valence-electron chi connectivity index (χ1n) is 4.42. The first-order valence-corrected chi connectivity index (χ1v) is 4.42. The number of pyridine rings is 1. The van der Waals surface area contributed by atoms with Crippen molar-refractivity contribution in [3.8, 4) is 11.3 Å². The molecule has 0 radical (unpaired) electrons. The Balaban J connectivity index is 2.52. The summed E-state index contributed by atoms with van der Waals surface area (Å²) in [7, 11) is 0. The van der Waals surface area contributed by atoms with E-state index in [1.54, 1.807) is 6.07 Å². The molecule has 0 aliphatic carbocycles. The van der Waals surface area contributed by atoms with Crippen molar-refractivity contribution in [2.45, 2.75) is 13.8 Å². The molecule has 14 heavy (non-hydrogen) atoms. The van der Waals surface area contributed by atoms with Crippen molar-refractivity contribution in [3.05, 3.63) is 29.6 Å². The van der Waals surface area contributed by atoms with Crippen LogP contribution in [0.15, 0.2) is 18.2 Å². The van der Waals surface area contributed by atoms with E-state index in [-0.39, 0.29) is 0 Å². The molecule has 0 aliphatic heterocycles. The molecule has 0 aliphatic rings. The van der Waals surface area contributed by atoms with E-state index < -0.39 is 0 Å². The molecule has 0 bridgehead atoms. The van der Waals surface area contributed by atoms with Crippen LogP contribution < -0.4 is 5.73 Å². The third kappa shape index (κ3) is 1.46. The van der Waals surface area contributed by atoms with Crippen molar-refractivity contribution >= 4 is 5.82 Å². The maximum atomic E-state index is 5.57. The van der Waals surface area contributed by atoms with Crippen molar-refractivity contribution in [2.75, 3.05) is 5.73 Å². The van der Waals surface area contributed by atoms with Gasteiger partial charge in [0, 0.05) is 17.0 Å². The fraction of sp³-hybridized carbons (Fsp3) is 0.200. The van der Waals surface area contributed by atoms with Crippen LogP contribution in [0.3, 0.4) is 0 Å². The highest BCUT2D eigenvalue weighted by Gasteiger charge is 2.05. The summed E-state index contributed by atoms with van der Waals surface area (Å²) in [6, 6.07) is 5.71. The van der Waals surface area contributed by atoms with E-state index in [9.17, 15) is 0 Å². The van der Waals surface area contributed by atoms with Crippen LogP contribution in [0.25, 0.3) is 11.3 Å². The summed E-state index contributed by atoms with van der Waals surface area (Å²) in [5, 5.41) is 7.07. The number of nitrogens with one attached hydrogen (secondary N) is 1. The molecule has 2 aromatic rings. The highest BCUT2D eigenvalue weighted by Crippen LogP contribution is 2.21. The Labute approximate surface area is 82.2 Å². The molecule has 0 aromatic carbocycles. The summed E-state index contributed by atoms with van der Waals surface area (Å²) >= 11 is 0. The van der Waals surface area contributed by atoms with E-state index in [0.29, 0.717) is 5.82 Å².